The quantitative estimate of drug-likeness (QED) is 0.463. The number of rotatable bonds is 3. The van der Waals surface area contributed by atoms with Crippen LogP contribution in [0.1, 0.15) is 20.3 Å². The SMILES string of the molecule is CCC(C#N)N(CC)C(=O)F. The molecule has 0 aromatic rings. The van der Waals surface area contributed by atoms with Crippen LogP contribution in [0.25, 0.3) is 0 Å². The highest BCUT2D eigenvalue weighted by molar-refractivity contribution is 5.66. The van der Waals surface area contributed by atoms with Gasteiger partial charge in [0.25, 0.3) is 0 Å². The minimum absolute atomic E-state index is 0.238. The van der Waals surface area contributed by atoms with E-state index in [1.807, 2.05) is 6.07 Å². The van der Waals surface area contributed by atoms with Gasteiger partial charge in [-0.3, -0.25) is 4.90 Å². The lowest BCUT2D eigenvalue weighted by molar-refractivity contribution is 0.166. The number of hydrogen-bond acceptors (Lipinski definition) is 2. The van der Waals surface area contributed by atoms with Gasteiger partial charge in [-0.15, -0.1) is 4.39 Å². The predicted octanol–water partition coefficient (Wildman–Crippen LogP) is 1.70. The maximum Gasteiger partial charge on any atom is 0.401 e. The van der Waals surface area contributed by atoms with Crippen LogP contribution in [0, 0.1) is 11.3 Å². The fraction of sp³-hybridized carbons (Fsp3) is 0.714. The van der Waals surface area contributed by atoms with Crippen molar-refractivity contribution in [3.8, 4) is 6.07 Å². The first-order chi connectivity index (χ1) is 5.17. The maximum atomic E-state index is 12.1. The van der Waals surface area contributed by atoms with Crippen LogP contribution >= 0.6 is 0 Å². The first kappa shape index (κ1) is 9.89. The zero-order chi connectivity index (χ0) is 8.85. The number of halogens is 1. The summed E-state index contributed by atoms with van der Waals surface area (Å²) in [7, 11) is 0. The Hall–Kier alpha value is -1.11. The molecule has 62 valence electrons. The summed E-state index contributed by atoms with van der Waals surface area (Å²) in [6.07, 6.45) is -1.07. The fourth-order valence-electron chi connectivity index (χ4n) is 0.849. The number of carbonyl (C=O) groups is 1. The van der Waals surface area contributed by atoms with Crippen molar-refractivity contribution in [1.82, 2.24) is 4.90 Å². The minimum atomic E-state index is -1.53. The molecular weight excluding hydrogens is 147 g/mol. The van der Waals surface area contributed by atoms with Gasteiger partial charge in [-0.05, 0) is 13.3 Å². The van der Waals surface area contributed by atoms with Crippen LogP contribution in [0.3, 0.4) is 0 Å². The molecule has 0 radical (unpaired) electrons. The van der Waals surface area contributed by atoms with Gasteiger partial charge in [0.1, 0.15) is 6.04 Å². The van der Waals surface area contributed by atoms with Gasteiger partial charge in [-0.1, -0.05) is 6.92 Å². The first-order valence-corrected chi connectivity index (χ1v) is 3.53. The van der Waals surface area contributed by atoms with Crippen molar-refractivity contribution in [3.63, 3.8) is 0 Å². The van der Waals surface area contributed by atoms with Gasteiger partial charge in [0.15, 0.2) is 0 Å². The molecule has 0 aromatic heterocycles. The topological polar surface area (TPSA) is 44.1 Å². The smallest absolute Gasteiger partial charge is 0.299 e. The van der Waals surface area contributed by atoms with Crippen LogP contribution in [0.5, 0.6) is 0 Å². The lowest BCUT2D eigenvalue weighted by atomic mass is 10.2. The van der Waals surface area contributed by atoms with Crippen LogP contribution in [0.2, 0.25) is 0 Å². The van der Waals surface area contributed by atoms with E-state index in [-0.39, 0.29) is 6.54 Å². The molecule has 1 atom stereocenters. The van der Waals surface area contributed by atoms with E-state index in [4.69, 9.17) is 5.26 Å². The summed E-state index contributed by atoms with van der Waals surface area (Å²) < 4.78 is 12.1. The molecule has 0 aliphatic rings. The predicted molar refractivity (Wildman–Crippen MR) is 38.6 cm³/mol. The molecule has 0 spiro atoms. The van der Waals surface area contributed by atoms with Crippen molar-refractivity contribution in [2.75, 3.05) is 6.54 Å². The number of nitrogens with zero attached hydrogens (tertiary/aromatic N) is 2. The summed E-state index contributed by atoms with van der Waals surface area (Å²) in [6, 6.07) is 1.22. The molecule has 0 aromatic carbocycles. The molecule has 1 unspecified atom stereocenters. The molecule has 3 nitrogen and oxygen atoms in total. The lowest BCUT2D eigenvalue weighted by Crippen LogP contribution is -2.35. The zero-order valence-corrected chi connectivity index (χ0v) is 6.67. The molecule has 0 fully saturated rings. The van der Waals surface area contributed by atoms with E-state index in [9.17, 15) is 9.18 Å². The van der Waals surface area contributed by atoms with Gasteiger partial charge in [0.05, 0.1) is 6.07 Å². The second-order valence-electron chi connectivity index (χ2n) is 2.09. The number of nitriles is 1. The van der Waals surface area contributed by atoms with E-state index in [0.717, 1.165) is 4.90 Å². The Bertz CT molecular complexity index is 176. The standard InChI is InChI=1S/C7H11FN2O/c1-3-6(5-9)10(4-2)7(8)11/h6H,3-4H2,1-2H3. The molecular formula is C7H11FN2O. The largest absolute Gasteiger partial charge is 0.401 e. The van der Waals surface area contributed by atoms with E-state index in [1.54, 1.807) is 13.8 Å². The second kappa shape index (κ2) is 4.67. The van der Waals surface area contributed by atoms with Gasteiger partial charge in [-0.25, -0.2) is 4.79 Å². The summed E-state index contributed by atoms with van der Waals surface area (Å²) in [6.45, 7) is 3.61. The molecule has 4 heteroatoms. The molecule has 0 saturated heterocycles. The average Bonchev–Trinajstić information content (AvgIpc) is 1.99. The molecule has 0 saturated carbocycles. The molecule has 0 N–H and O–H groups in total. The highest BCUT2D eigenvalue weighted by Crippen LogP contribution is 2.04. The molecule has 11 heavy (non-hydrogen) atoms. The van der Waals surface area contributed by atoms with E-state index in [2.05, 4.69) is 0 Å². The Morgan fingerprint density at radius 2 is 2.27 bits per heavy atom. The Balaban J connectivity index is 4.24. The molecule has 0 bridgehead atoms. The summed E-state index contributed by atoms with van der Waals surface area (Å²) >= 11 is 0. The summed E-state index contributed by atoms with van der Waals surface area (Å²) in [5.41, 5.74) is 0. The number of carbonyl (C=O) groups excluding carboxylic acids is 1. The van der Waals surface area contributed by atoms with Gasteiger partial charge in [0, 0.05) is 6.54 Å². The van der Waals surface area contributed by atoms with Gasteiger partial charge < -0.3 is 0 Å². The normalized spacial score (nSPS) is 11.8. The minimum Gasteiger partial charge on any atom is -0.299 e. The number of amides is 1. The molecule has 0 aliphatic carbocycles. The van der Waals surface area contributed by atoms with E-state index in [0.29, 0.717) is 6.42 Å². The van der Waals surface area contributed by atoms with E-state index < -0.39 is 12.2 Å². The van der Waals surface area contributed by atoms with Crippen molar-refractivity contribution in [2.24, 2.45) is 0 Å². The fourth-order valence-corrected chi connectivity index (χ4v) is 0.849. The van der Waals surface area contributed by atoms with Crippen molar-refractivity contribution in [1.29, 1.82) is 5.26 Å². The highest BCUT2D eigenvalue weighted by Gasteiger charge is 2.19. The van der Waals surface area contributed by atoms with Crippen LogP contribution in [-0.4, -0.2) is 23.6 Å². The van der Waals surface area contributed by atoms with Gasteiger partial charge >= 0.3 is 6.16 Å². The summed E-state index contributed by atoms with van der Waals surface area (Å²) in [4.78, 5) is 11.1. The Morgan fingerprint density at radius 1 is 1.73 bits per heavy atom. The highest BCUT2D eigenvalue weighted by atomic mass is 19.1. The number of hydrogen-bond donors (Lipinski definition) is 0. The molecule has 0 aliphatic heterocycles. The third-order valence-corrected chi connectivity index (χ3v) is 1.48. The Kier molecular flexibility index (Phi) is 4.20. The van der Waals surface area contributed by atoms with Crippen LogP contribution in [0.4, 0.5) is 9.18 Å². The van der Waals surface area contributed by atoms with Gasteiger partial charge in [-0.2, -0.15) is 5.26 Å². The molecule has 1 amide bonds. The maximum absolute atomic E-state index is 12.1. The van der Waals surface area contributed by atoms with Crippen molar-refractivity contribution < 1.29 is 9.18 Å². The molecule has 0 heterocycles. The van der Waals surface area contributed by atoms with E-state index >= 15 is 0 Å². The Morgan fingerprint density at radius 3 is 2.36 bits per heavy atom. The molecule has 0 rings (SSSR count). The third-order valence-electron chi connectivity index (χ3n) is 1.48. The Labute approximate surface area is 65.4 Å². The first-order valence-electron chi connectivity index (χ1n) is 3.53. The van der Waals surface area contributed by atoms with Gasteiger partial charge in [0.2, 0.25) is 0 Å². The van der Waals surface area contributed by atoms with Crippen LogP contribution in [0.15, 0.2) is 0 Å². The second-order valence-corrected chi connectivity index (χ2v) is 2.09. The van der Waals surface area contributed by atoms with E-state index in [1.165, 1.54) is 0 Å². The lowest BCUT2D eigenvalue weighted by Gasteiger charge is -2.20. The van der Waals surface area contributed by atoms with Crippen molar-refractivity contribution in [2.45, 2.75) is 26.3 Å². The third kappa shape index (κ3) is 2.54. The van der Waals surface area contributed by atoms with Crippen LogP contribution in [-0.2, 0) is 0 Å². The average molecular weight is 158 g/mol. The van der Waals surface area contributed by atoms with Crippen molar-refractivity contribution in [3.05, 3.63) is 0 Å². The van der Waals surface area contributed by atoms with Crippen LogP contribution < -0.4 is 0 Å². The van der Waals surface area contributed by atoms with Crippen molar-refractivity contribution >= 4 is 6.16 Å². The summed E-state index contributed by atoms with van der Waals surface area (Å²) in [5.74, 6) is 0. The summed E-state index contributed by atoms with van der Waals surface area (Å²) in [5, 5.41) is 8.47. The monoisotopic (exact) mass is 158 g/mol. The zero-order valence-electron chi connectivity index (χ0n) is 6.67.